The Morgan fingerprint density at radius 3 is 2.56 bits per heavy atom. The van der Waals surface area contributed by atoms with E-state index in [1.165, 1.54) is 0 Å². The summed E-state index contributed by atoms with van der Waals surface area (Å²) < 4.78 is 5.05. The van der Waals surface area contributed by atoms with Crippen LogP contribution in [0.4, 0.5) is 11.4 Å². The van der Waals surface area contributed by atoms with Gasteiger partial charge in [-0.15, -0.1) is 0 Å². The van der Waals surface area contributed by atoms with Crippen LogP contribution in [-0.4, -0.2) is 32.6 Å². The van der Waals surface area contributed by atoms with Gasteiger partial charge in [-0.3, -0.25) is 4.79 Å². The average Bonchev–Trinajstić information content (AvgIpc) is 2.60. The number of halogens is 2. The van der Waals surface area contributed by atoms with E-state index in [1.54, 1.807) is 37.3 Å². The molecule has 0 aliphatic rings. The lowest BCUT2D eigenvalue weighted by molar-refractivity contribution is -0.119. The smallest absolute Gasteiger partial charge is 0.338 e. The topological polar surface area (TPSA) is 58.6 Å². The maximum absolute atomic E-state index is 12.1. The largest absolute Gasteiger partial charge is 0.452 e. The Morgan fingerprint density at radius 1 is 1.16 bits per heavy atom. The van der Waals surface area contributed by atoms with Crippen molar-refractivity contribution in [3.8, 4) is 0 Å². The summed E-state index contributed by atoms with van der Waals surface area (Å²) >= 11 is 12.2. The normalized spacial score (nSPS) is 10.3. The molecule has 0 aliphatic carbocycles. The molecule has 0 spiro atoms. The summed E-state index contributed by atoms with van der Waals surface area (Å²) in [6, 6.07) is 10.3. The molecule has 1 N–H and O–H groups in total. The van der Waals surface area contributed by atoms with E-state index in [9.17, 15) is 9.59 Å². The van der Waals surface area contributed by atoms with E-state index in [2.05, 4.69) is 5.32 Å². The fourth-order valence-corrected chi connectivity index (χ4v) is 2.54. The molecule has 7 heteroatoms. The third-order valence-electron chi connectivity index (χ3n) is 3.48. The molecule has 0 radical (unpaired) electrons. The molecule has 0 saturated heterocycles. The quantitative estimate of drug-likeness (QED) is 0.790. The van der Waals surface area contributed by atoms with Gasteiger partial charge in [-0.2, -0.15) is 0 Å². The number of aryl methyl sites for hydroxylation is 1. The van der Waals surface area contributed by atoms with Crippen LogP contribution in [-0.2, 0) is 9.53 Å². The van der Waals surface area contributed by atoms with Crippen molar-refractivity contribution in [2.75, 3.05) is 30.9 Å². The molecule has 25 heavy (non-hydrogen) atoms. The molecule has 2 rings (SSSR count). The van der Waals surface area contributed by atoms with E-state index in [0.29, 0.717) is 21.3 Å². The van der Waals surface area contributed by atoms with Gasteiger partial charge in [-0.1, -0.05) is 35.3 Å². The van der Waals surface area contributed by atoms with Gasteiger partial charge in [-0.05, 0) is 36.8 Å². The second-order valence-corrected chi connectivity index (χ2v) is 6.41. The minimum atomic E-state index is -0.583. The molecular formula is C18H18Cl2N2O3. The van der Waals surface area contributed by atoms with Crippen LogP contribution in [0.2, 0.25) is 10.0 Å². The number of ether oxygens (including phenoxy) is 1. The second kappa shape index (κ2) is 8.23. The van der Waals surface area contributed by atoms with E-state index in [-0.39, 0.29) is 0 Å². The highest BCUT2D eigenvalue weighted by atomic mass is 35.5. The fourth-order valence-electron chi connectivity index (χ4n) is 2.07. The van der Waals surface area contributed by atoms with Crippen molar-refractivity contribution in [3.63, 3.8) is 0 Å². The first-order valence-electron chi connectivity index (χ1n) is 7.48. The lowest BCUT2D eigenvalue weighted by atomic mass is 10.2. The molecule has 1 amide bonds. The molecule has 5 nitrogen and oxygen atoms in total. The SMILES string of the molecule is Cc1ccc(Cl)c(NC(=O)COC(=O)c2cccc(N(C)C)c2)c1Cl. The molecule has 2 aromatic rings. The predicted molar refractivity (Wildman–Crippen MR) is 101 cm³/mol. The van der Waals surface area contributed by atoms with Gasteiger partial charge in [0.05, 0.1) is 21.3 Å². The van der Waals surface area contributed by atoms with Gasteiger partial charge in [-0.25, -0.2) is 4.79 Å². The number of esters is 1. The van der Waals surface area contributed by atoms with Gasteiger partial charge >= 0.3 is 5.97 Å². The minimum absolute atomic E-state index is 0.305. The molecular weight excluding hydrogens is 363 g/mol. The van der Waals surface area contributed by atoms with Crippen molar-refractivity contribution in [2.24, 2.45) is 0 Å². The van der Waals surface area contributed by atoms with Crippen molar-refractivity contribution < 1.29 is 14.3 Å². The predicted octanol–water partition coefficient (Wildman–Crippen LogP) is 4.16. The third kappa shape index (κ3) is 4.87. The molecule has 0 saturated carbocycles. The zero-order valence-electron chi connectivity index (χ0n) is 14.1. The molecule has 132 valence electrons. The van der Waals surface area contributed by atoms with Crippen LogP contribution in [0.25, 0.3) is 0 Å². The van der Waals surface area contributed by atoms with Crippen molar-refractivity contribution in [2.45, 2.75) is 6.92 Å². The molecule has 0 unspecified atom stereocenters. The number of hydrogen-bond acceptors (Lipinski definition) is 4. The van der Waals surface area contributed by atoms with Gasteiger partial charge in [0.25, 0.3) is 5.91 Å². The first-order chi connectivity index (χ1) is 11.8. The lowest BCUT2D eigenvalue weighted by Gasteiger charge is -2.13. The minimum Gasteiger partial charge on any atom is -0.452 e. The zero-order valence-corrected chi connectivity index (χ0v) is 15.6. The summed E-state index contributed by atoms with van der Waals surface area (Å²) in [5.41, 5.74) is 2.31. The maximum Gasteiger partial charge on any atom is 0.338 e. The fraction of sp³-hybridized carbons (Fsp3) is 0.222. The Labute approximate surface area is 156 Å². The van der Waals surface area contributed by atoms with Crippen LogP contribution in [0, 0.1) is 6.92 Å². The Kier molecular flexibility index (Phi) is 6.28. The molecule has 0 atom stereocenters. The van der Waals surface area contributed by atoms with E-state index < -0.39 is 18.5 Å². The molecule has 0 heterocycles. The number of carbonyl (C=O) groups is 2. The number of hydrogen-bond donors (Lipinski definition) is 1. The number of nitrogens with one attached hydrogen (secondary N) is 1. The van der Waals surface area contributed by atoms with E-state index in [0.717, 1.165) is 11.3 Å². The van der Waals surface area contributed by atoms with Crippen molar-refractivity contribution in [1.82, 2.24) is 0 Å². The number of nitrogens with zero attached hydrogens (tertiary/aromatic N) is 1. The first kappa shape index (κ1) is 19.1. The summed E-state index contributed by atoms with van der Waals surface area (Å²) in [6.45, 7) is 1.36. The van der Waals surface area contributed by atoms with Gasteiger partial charge in [0, 0.05) is 19.8 Å². The molecule has 0 bridgehead atoms. The summed E-state index contributed by atoms with van der Waals surface area (Å²) in [6.07, 6.45) is 0. The van der Waals surface area contributed by atoms with Gasteiger partial charge in [0.1, 0.15) is 0 Å². The number of carbonyl (C=O) groups excluding carboxylic acids is 2. The van der Waals surface area contributed by atoms with Crippen molar-refractivity contribution in [3.05, 3.63) is 57.6 Å². The third-order valence-corrected chi connectivity index (χ3v) is 4.28. The summed E-state index contributed by atoms with van der Waals surface area (Å²) in [7, 11) is 3.74. The van der Waals surface area contributed by atoms with E-state index in [4.69, 9.17) is 27.9 Å². The second-order valence-electron chi connectivity index (χ2n) is 5.62. The number of benzene rings is 2. The number of amides is 1. The van der Waals surface area contributed by atoms with Gasteiger partial charge < -0.3 is 15.0 Å². The number of rotatable bonds is 5. The van der Waals surface area contributed by atoms with Gasteiger partial charge in [0.15, 0.2) is 6.61 Å². The number of anilines is 2. The zero-order chi connectivity index (χ0) is 18.6. The van der Waals surface area contributed by atoms with Crippen LogP contribution in [0.5, 0.6) is 0 Å². The highest BCUT2D eigenvalue weighted by Gasteiger charge is 2.15. The summed E-state index contributed by atoms with van der Waals surface area (Å²) in [4.78, 5) is 26.0. The van der Waals surface area contributed by atoms with Crippen LogP contribution < -0.4 is 10.2 Å². The van der Waals surface area contributed by atoms with Crippen LogP contribution in [0.1, 0.15) is 15.9 Å². The highest BCUT2D eigenvalue weighted by molar-refractivity contribution is 6.40. The Balaban J connectivity index is 2.00. The monoisotopic (exact) mass is 380 g/mol. The van der Waals surface area contributed by atoms with Gasteiger partial charge in [0.2, 0.25) is 0 Å². The Bertz CT molecular complexity index is 807. The maximum atomic E-state index is 12.1. The highest BCUT2D eigenvalue weighted by Crippen LogP contribution is 2.32. The molecule has 0 fully saturated rings. The Hall–Kier alpha value is -2.24. The average molecular weight is 381 g/mol. The molecule has 0 aliphatic heterocycles. The lowest BCUT2D eigenvalue weighted by Crippen LogP contribution is -2.21. The summed E-state index contributed by atoms with van der Waals surface area (Å²) in [5.74, 6) is -1.10. The Morgan fingerprint density at radius 2 is 1.88 bits per heavy atom. The van der Waals surface area contributed by atoms with Crippen LogP contribution >= 0.6 is 23.2 Å². The first-order valence-corrected chi connectivity index (χ1v) is 8.24. The van der Waals surface area contributed by atoms with Crippen LogP contribution in [0.3, 0.4) is 0 Å². The standard InChI is InChI=1S/C18H18Cl2N2O3/c1-11-7-8-14(19)17(16(11)20)21-15(23)10-25-18(24)12-5-4-6-13(9-12)22(2)3/h4-9H,10H2,1-3H3,(H,21,23). The summed E-state index contributed by atoms with van der Waals surface area (Å²) in [5, 5.41) is 3.23. The van der Waals surface area contributed by atoms with E-state index in [1.807, 2.05) is 25.1 Å². The van der Waals surface area contributed by atoms with Crippen molar-refractivity contribution in [1.29, 1.82) is 0 Å². The van der Waals surface area contributed by atoms with E-state index >= 15 is 0 Å². The molecule has 2 aromatic carbocycles. The van der Waals surface area contributed by atoms with Crippen LogP contribution in [0.15, 0.2) is 36.4 Å². The molecule has 0 aromatic heterocycles. The van der Waals surface area contributed by atoms with Crippen molar-refractivity contribution >= 4 is 46.5 Å².